The Morgan fingerprint density at radius 3 is 2.50 bits per heavy atom. The van der Waals surface area contributed by atoms with E-state index in [1.165, 1.54) is 17.7 Å². The molecule has 0 aromatic heterocycles. The van der Waals surface area contributed by atoms with Crippen LogP contribution in [-0.2, 0) is 17.3 Å². The number of guanidine groups is 1. The second kappa shape index (κ2) is 9.95. The van der Waals surface area contributed by atoms with Crippen molar-refractivity contribution in [2.45, 2.75) is 25.6 Å². The number of rotatable bonds is 6. The van der Waals surface area contributed by atoms with Crippen LogP contribution in [0.3, 0.4) is 0 Å². The van der Waals surface area contributed by atoms with Crippen LogP contribution in [-0.4, -0.2) is 43.7 Å². The topological polar surface area (TPSA) is 62.9 Å². The minimum absolute atomic E-state index is 0.182. The van der Waals surface area contributed by atoms with E-state index in [0.29, 0.717) is 32.8 Å². The van der Waals surface area contributed by atoms with Crippen molar-refractivity contribution in [3.8, 4) is 0 Å². The maximum atomic E-state index is 12.9. The van der Waals surface area contributed by atoms with Crippen LogP contribution in [0.4, 0.5) is 18.9 Å². The zero-order valence-electron chi connectivity index (χ0n) is 17.0. The summed E-state index contributed by atoms with van der Waals surface area (Å²) >= 11 is 0. The molecule has 2 aromatic rings. The normalized spacial score (nSPS) is 17.0. The van der Waals surface area contributed by atoms with Gasteiger partial charge in [-0.3, -0.25) is 9.89 Å². The van der Waals surface area contributed by atoms with Gasteiger partial charge in [-0.05, 0) is 41.8 Å². The van der Waals surface area contributed by atoms with E-state index in [4.69, 9.17) is 10.5 Å². The molecule has 0 amide bonds. The first kappa shape index (κ1) is 22.1. The molecule has 30 heavy (non-hydrogen) atoms. The number of nitrogens with one attached hydrogen (secondary N) is 1. The molecule has 0 saturated carbocycles. The summed E-state index contributed by atoms with van der Waals surface area (Å²) < 4.78 is 44.2. The molecule has 3 rings (SSSR count). The van der Waals surface area contributed by atoms with Gasteiger partial charge in [0.2, 0.25) is 0 Å². The summed E-state index contributed by atoms with van der Waals surface area (Å²) in [6, 6.07) is 13.0. The lowest BCUT2D eigenvalue weighted by molar-refractivity contribution is -0.137. The molecule has 1 aliphatic rings. The summed E-state index contributed by atoms with van der Waals surface area (Å²) in [6.45, 7) is 4.95. The summed E-state index contributed by atoms with van der Waals surface area (Å²) in [7, 11) is 0. The molecule has 1 saturated heterocycles. The molecule has 1 unspecified atom stereocenters. The Morgan fingerprint density at radius 2 is 1.87 bits per heavy atom. The number of ether oxygens (including phenoxy) is 1. The standard InChI is InChI=1S/C22H27F3N4O/c1-2-16-4-3-5-19(14-16)28-21(26)27-15-20(29-10-12-30-13-11-29)17-6-8-18(9-7-17)22(23,24)25/h3-9,14,20H,2,10-13,15H2,1H3,(H3,26,27,28). The van der Waals surface area contributed by atoms with E-state index in [1.54, 1.807) is 0 Å². The fraction of sp³-hybridized carbons (Fsp3) is 0.409. The molecule has 8 heteroatoms. The molecule has 0 spiro atoms. The number of hydrogen-bond acceptors (Lipinski definition) is 3. The van der Waals surface area contributed by atoms with E-state index in [9.17, 15) is 13.2 Å². The first-order valence-electron chi connectivity index (χ1n) is 10.0. The lowest BCUT2D eigenvalue weighted by atomic mass is 10.0. The van der Waals surface area contributed by atoms with Crippen molar-refractivity contribution in [1.29, 1.82) is 0 Å². The van der Waals surface area contributed by atoms with E-state index >= 15 is 0 Å². The van der Waals surface area contributed by atoms with Gasteiger partial charge in [-0.2, -0.15) is 13.2 Å². The summed E-state index contributed by atoms with van der Waals surface area (Å²) in [5.74, 6) is 0.272. The molecule has 2 aromatic carbocycles. The van der Waals surface area contributed by atoms with Crippen LogP contribution in [0.1, 0.15) is 29.7 Å². The zero-order valence-corrected chi connectivity index (χ0v) is 17.0. The van der Waals surface area contributed by atoms with Crippen molar-refractivity contribution in [3.05, 3.63) is 65.2 Å². The average Bonchev–Trinajstić information content (AvgIpc) is 2.74. The van der Waals surface area contributed by atoms with Gasteiger partial charge >= 0.3 is 6.18 Å². The quantitative estimate of drug-likeness (QED) is 0.546. The van der Waals surface area contributed by atoms with Gasteiger partial charge in [-0.25, -0.2) is 0 Å². The van der Waals surface area contributed by atoms with Crippen molar-refractivity contribution in [2.24, 2.45) is 10.7 Å². The van der Waals surface area contributed by atoms with Crippen LogP contribution in [0.5, 0.6) is 0 Å². The van der Waals surface area contributed by atoms with Crippen LogP contribution in [0.25, 0.3) is 0 Å². The highest BCUT2D eigenvalue weighted by Crippen LogP contribution is 2.31. The molecule has 1 fully saturated rings. The smallest absolute Gasteiger partial charge is 0.379 e. The van der Waals surface area contributed by atoms with Crippen molar-refractivity contribution in [3.63, 3.8) is 0 Å². The Balaban J connectivity index is 1.76. The fourth-order valence-electron chi connectivity index (χ4n) is 3.46. The molecule has 1 aliphatic heterocycles. The summed E-state index contributed by atoms with van der Waals surface area (Å²) in [5, 5.41) is 3.09. The van der Waals surface area contributed by atoms with Crippen molar-refractivity contribution in [1.82, 2.24) is 4.90 Å². The molecule has 1 atom stereocenters. The number of morpholine rings is 1. The van der Waals surface area contributed by atoms with Gasteiger partial charge in [-0.1, -0.05) is 31.2 Å². The van der Waals surface area contributed by atoms with Gasteiger partial charge in [0.1, 0.15) is 0 Å². The number of hydrogen-bond donors (Lipinski definition) is 2. The predicted octanol–water partition coefficient (Wildman–Crippen LogP) is 4.07. The van der Waals surface area contributed by atoms with E-state index in [-0.39, 0.29) is 12.0 Å². The van der Waals surface area contributed by atoms with E-state index in [2.05, 4.69) is 22.1 Å². The first-order valence-corrected chi connectivity index (χ1v) is 10.0. The largest absolute Gasteiger partial charge is 0.416 e. The van der Waals surface area contributed by atoms with Gasteiger partial charge in [-0.15, -0.1) is 0 Å². The number of benzene rings is 2. The van der Waals surface area contributed by atoms with E-state index in [1.807, 2.05) is 24.3 Å². The van der Waals surface area contributed by atoms with E-state index in [0.717, 1.165) is 29.8 Å². The van der Waals surface area contributed by atoms with Crippen molar-refractivity contribution in [2.75, 3.05) is 38.2 Å². The van der Waals surface area contributed by atoms with Gasteiger partial charge in [0.25, 0.3) is 0 Å². The van der Waals surface area contributed by atoms with Gasteiger partial charge in [0.15, 0.2) is 5.96 Å². The number of halogens is 3. The molecule has 162 valence electrons. The summed E-state index contributed by atoms with van der Waals surface area (Å²) in [6.07, 6.45) is -3.44. The summed E-state index contributed by atoms with van der Waals surface area (Å²) in [4.78, 5) is 6.64. The Bertz CT molecular complexity index is 846. The molecular weight excluding hydrogens is 393 g/mol. The maximum absolute atomic E-state index is 12.9. The van der Waals surface area contributed by atoms with Gasteiger partial charge < -0.3 is 15.8 Å². The number of anilines is 1. The average molecular weight is 420 g/mol. The predicted molar refractivity (Wildman–Crippen MR) is 113 cm³/mol. The monoisotopic (exact) mass is 420 g/mol. The van der Waals surface area contributed by atoms with Crippen LogP contribution < -0.4 is 11.1 Å². The van der Waals surface area contributed by atoms with Crippen molar-refractivity contribution >= 4 is 11.6 Å². The SMILES string of the molecule is CCc1cccc(NC(N)=NCC(c2ccc(C(F)(F)F)cc2)N2CCOCC2)c1. The van der Waals surface area contributed by atoms with E-state index < -0.39 is 11.7 Å². The third-order valence-corrected chi connectivity index (χ3v) is 5.15. The Morgan fingerprint density at radius 1 is 1.17 bits per heavy atom. The molecule has 0 aliphatic carbocycles. The molecule has 1 heterocycles. The number of aryl methyl sites for hydroxylation is 1. The molecule has 0 radical (unpaired) electrons. The van der Waals surface area contributed by atoms with Gasteiger partial charge in [0.05, 0.1) is 31.4 Å². The van der Waals surface area contributed by atoms with Crippen LogP contribution in [0.2, 0.25) is 0 Å². The number of aliphatic imine (C=N–C) groups is 1. The van der Waals surface area contributed by atoms with Crippen LogP contribution >= 0.6 is 0 Å². The Hall–Kier alpha value is -2.58. The molecule has 3 N–H and O–H groups in total. The highest BCUT2D eigenvalue weighted by molar-refractivity contribution is 5.92. The second-order valence-corrected chi connectivity index (χ2v) is 7.19. The highest BCUT2D eigenvalue weighted by atomic mass is 19.4. The second-order valence-electron chi connectivity index (χ2n) is 7.19. The lowest BCUT2D eigenvalue weighted by Gasteiger charge is -2.34. The van der Waals surface area contributed by atoms with Gasteiger partial charge in [0, 0.05) is 18.8 Å². The number of alkyl halides is 3. The van der Waals surface area contributed by atoms with Crippen LogP contribution in [0, 0.1) is 0 Å². The maximum Gasteiger partial charge on any atom is 0.416 e. The van der Waals surface area contributed by atoms with Crippen LogP contribution in [0.15, 0.2) is 53.5 Å². The summed E-state index contributed by atoms with van der Waals surface area (Å²) in [5.41, 5.74) is 8.23. The molecule has 0 bridgehead atoms. The third kappa shape index (κ3) is 5.96. The molecular formula is C22H27F3N4O. The lowest BCUT2D eigenvalue weighted by Crippen LogP contribution is -2.40. The Kier molecular flexibility index (Phi) is 7.33. The highest BCUT2D eigenvalue weighted by Gasteiger charge is 2.31. The number of nitrogens with zero attached hydrogens (tertiary/aromatic N) is 2. The number of nitrogens with two attached hydrogens (primary N) is 1. The zero-order chi connectivity index (χ0) is 21.6. The first-order chi connectivity index (χ1) is 14.4. The third-order valence-electron chi connectivity index (χ3n) is 5.15. The minimum atomic E-state index is -4.35. The molecule has 5 nitrogen and oxygen atoms in total. The fourth-order valence-corrected chi connectivity index (χ4v) is 3.46. The minimum Gasteiger partial charge on any atom is -0.379 e. The Labute approximate surface area is 174 Å². The van der Waals surface area contributed by atoms with Crippen molar-refractivity contribution < 1.29 is 17.9 Å².